The number of likely N-dealkylation sites (N-methyl/N-ethyl adjacent to an activating group) is 1. The van der Waals surface area contributed by atoms with Gasteiger partial charge in [-0.3, -0.25) is 4.79 Å². The van der Waals surface area contributed by atoms with Crippen molar-refractivity contribution in [1.29, 1.82) is 0 Å². The Balaban J connectivity index is 1.96. The van der Waals surface area contributed by atoms with Crippen molar-refractivity contribution in [2.75, 3.05) is 20.1 Å². The van der Waals surface area contributed by atoms with E-state index < -0.39 is 0 Å². The van der Waals surface area contributed by atoms with Gasteiger partial charge in [-0.05, 0) is 24.3 Å². The van der Waals surface area contributed by atoms with Gasteiger partial charge in [0.25, 0.3) is 5.91 Å². The Kier molecular flexibility index (Phi) is 5.18. The summed E-state index contributed by atoms with van der Waals surface area (Å²) in [6, 6.07) is 9.15. The van der Waals surface area contributed by atoms with E-state index in [9.17, 15) is 4.79 Å². The third-order valence-electron chi connectivity index (χ3n) is 4.11. The molecule has 1 unspecified atom stereocenters. The van der Waals surface area contributed by atoms with Gasteiger partial charge >= 0.3 is 0 Å². The zero-order chi connectivity index (χ0) is 14.5. The van der Waals surface area contributed by atoms with Crippen molar-refractivity contribution in [3.8, 4) is 0 Å². The lowest BCUT2D eigenvalue weighted by Crippen LogP contribution is -3.10. The van der Waals surface area contributed by atoms with Gasteiger partial charge in [-0.25, -0.2) is 0 Å². The smallest absolute Gasteiger partial charge is 0.275 e. The van der Waals surface area contributed by atoms with E-state index in [1.807, 2.05) is 0 Å². The van der Waals surface area contributed by atoms with Crippen LogP contribution in [0.25, 0.3) is 0 Å². The van der Waals surface area contributed by atoms with E-state index in [0.717, 1.165) is 6.54 Å². The molecule has 0 saturated carbocycles. The van der Waals surface area contributed by atoms with Gasteiger partial charge < -0.3 is 10.2 Å². The molecule has 110 valence electrons. The highest BCUT2D eigenvalue weighted by molar-refractivity contribution is 5.76. The average molecular weight is 275 g/mol. The van der Waals surface area contributed by atoms with Gasteiger partial charge in [0.05, 0.1) is 7.05 Å². The topological polar surface area (TPSA) is 33.5 Å². The Hall–Kier alpha value is -1.35. The second-order valence-corrected chi connectivity index (χ2v) is 6.36. The molecule has 2 atom stereocenters. The molecule has 2 N–H and O–H groups in total. The van der Waals surface area contributed by atoms with Crippen molar-refractivity contribution in [2.24, 2.45) is 5.92 Å². The molecule has 1 aliphatic rings. The second kappa shape index (κ2) is 6.89. The molecule has 0 fully saturated rings. The first kappa shape index (κ1) is 15.0. The number of carbonyl (C=O) groups is 1. The van der Waals surface area contributed by atoms with E-state index in [-0.39, 0.29) is 5.91 Å². The largest absolute Gasteiger partial charge is 0.351 e. The van der Waals surface area contributed by atoms with Crippen LogP contribution in [0.5, 0.6) is 0 Å². The van der Waals surface area contributed by atoms with Crippen LogP contribution in [0.3, 0.4) is 0 Å². The van der Waals surface area contributed by atoms with Crippen LogP contribution < -0.4 is 10.2 Å². The summed E-state index contributed by atoms with van der Waals surface area (Å²) in [7, 11) is 2.14. The number of fused-ring (bicyclic) bond motifs is 1. The molecule has 0 bridgehead atoms. The highest BCUT2D eigenvalue weighted by Gasteiger charge is 2.27. The first-order chi connectivity index (χ1) is 9.58. The van der Waals surface area contributed by atoms with Gasteiger partial charge in [-0.15, -0.1) is 0 Å². The van der Waals surface area contributed by atoms with Crippen LogP contribution >= 0.6 is 0 Å². The number of carbonyl (C=O) groups excluding carboxylic acids is 1. The summed E-state index contributed by atoms with van der Waals surface area (Å²) in [5.74, 6) is 0.675. The van der Waals surface area contributed by atoms with Crippen molar-refractivity contribution in [2.45, 2.75) is 39.2 Å². The molecule has 0 aliphatic heterocycles. The van der Waals surface area contributed by atoms with E-state index in [1.54, 1.807) is 0 Å². The van der Waals surface area contributed by atoms with Crippen LogP contribution in [0, 0.1) is 5.92 Å². The summed E-state index contributed by atoms with van der Waals surface area (Å²) in [6.45, 7) is 5.57. The average Bonchev–Trinajstić information content (AvgIpc) is 2.44. The third kappa shape index (κ3) is 3.83. The first-order valence-electron chi connectivity index (χ1n) is 7.74. The summed E-state index contributed by atoms with van der Waals surface area (Å²) in [5.41, 5.74) is 2.90. The standard InChI is InChI=1S/C17H26N2O/c1-13(2)11-18-17(20)12-19(3)16-10-6-8-14-7-4-5-9-15(14)16/h4-5,7,9,13,16H,6,8,10-12H2,1-3H3,(H,18,20)/p+1/t16-/m1/s1. The van der Waals surface area contributed by atoms with Crippen molar-refractivity contribution < 1.29 is 9.69 Å². The Morgan fingerprint density at radius 1 is 1.40 bits per heavy atom. The maximum absolute atomic E-state index is 12.0. The quantitative estimate of drug-likeness (QED) is 0.835. The number of hydrogen-bond donors (Lipinski definition) is 2. The minimum Gasteiger partial charge on any atom is -0.351 e. The summed E-state index contributed by atoms with van der Waals surface area (Å²) in [5, 5.41) is 3.02. The van der Waals surface area contributed by atoms with E-state index in [2.05, 4.69) is 50.5 Å². The number of rotatable bonds is 5. The summed E-state index contributed by atoms with van der Waals surface area (Å²) >= 11 is 0. The van der Waals surface area contributed by atoms with Crippen molar-refractivity contribution in [3.63, 3.8) is 0 Å². The number of nitrogens with one attached hydrogen (secondary N) is 2. The van der Waals surface area contributed by atoms with Crippen LogP contribution in [0.4, 0.5) is 0 Å². The number of hydrogen-bond acceptors (Lipinski definition) is 1. The summed E-state index contributed by atoms with van der Waals surface area (Å²) in [6.07, 6.45) is 3.59. The molecule has 1 aromatic carbocycles. The number of aryl methyl sites for hydroxylation is 1. The van der Waals surface area contributed by atoms with E-state index in [1.165, 1.54) is 35.3 Å². The lowest BCUT2D eigenvalue weighted by molar-refractivity contribution is -0.905. The highest BCUT2D eigenvalue weighted by atomic mass is 16.2. The van der Waals surface area contributed by atoms with Gasteiger partial charge in [0.1, 0.15) is 6.04 Å². The predicted octanol–water partition coefficient (Wildman–Crippen LogP) is 1.35. The molecule has 3 nitrogen and oxygen atoms in total. The molecule has 2 rings (SSSR count). The van der Waals surface area contributed by atoms with Crippen LogP contribution in [0.1, 0.15) is 43.9 Å². The third-order valence-corrected chi connectivity index (χ3v) is 4.11. The fourth-order valence-corrected chi connectivity index (χ4v) is 3.02. The van der Waals surface area contributed by atoms with Crippen molar-refractivity contribution in [3.05, 3.63) is 35.4 Å². The van der Waals surface area contributed by atoms with E-state index in [0.29, 0.717) is 18.5 Å². The lowest BCUT2D eigenvalue weighted by Gasteiger charge is -2.30. The maximum atomic E-state index is 12.0. The van der Waals surface area contributed by atoms with Crippen LogP contribution in [-0.2, 0) is 11.2 Å². The minimum absolute atomic E-state index is 0.166. The SMILES string of the molecule is CC(C)CNC(=O)C[NH+](C)[C@@H]1CCCc2ccccc21. The van der Waals surface area contributed by atoms with Crippen LogP contribution in [0.15, 0.2) is 24.3 Å². The molecule has 20 heavy (non-hydrogen) atoms. The number of amides is 1. The molecule has 3 heteroatoms. The Bertz CT molecular complexity index is 456. The molecule has 0 aromatic heterocycles. The van der Waals surface area contributed by atoms with Gasteiger partial charge in [0.2, 0.25) is 0 Å². The summed E-state index contributed by atoms with van der Waals surface area (Å²) in [4.78, 5) is 13.3. The molecule has 1 aromatic rings. The van der Waals surface area contributed by atoms with Crippen molar-refractivity contribution >= 4 is 5.91 Å². The first-order valence-corrected chi connectivity index (χ1v) is 7.74. The monoisotopic (exact) mass is 275 g/mol. The highest BCUT2D eigenvalue weighted by Crippen LogP contribution is 2.27. The number of benzene rings is 1. The normalized spacial score (nSPS) is 19.5. The zero-order valence-electron chi connectivity index (χ0n) is 12.9. The van der Waals surface area contributed by atoms with Gasteiger partial charge in [0.15, 0.2) is 6.54 Å². The molecule has 0 saturated heterocycles. The van der Waals surface area contributed by atoms with E-state index >= 15 is 0 Å². The number of quaternary nitrogens is 1. The molecular weight excluding hydrogens is 248 g/mol. The molecule has 0 heterocycles. The molecule has 1 aliphatic carbocycles. The second-order valence-electron chi connectivity index (χ2n) is 6.36. The van der Waals surface area contributed by atoms with Gasteiger partial charge in [-0.2, -0.15) is 0 Å². The predicted molar refractivity (Wildman–Crippen MR) is 81.7 cm³/mol. The molecule has 0 radical (unpaired) electrons. The summed E-state index contributed by atoms with van der Waals surface area (Å²) < 4.78 is 0. The van der Waals surface area contributed by atoms with Crippen LogP contribution in [0.2, 0.25) is 0 Å². The Morgan fingerprint density at radius 2 is 2.15 bits per heavy atom. The van der Waals surface area contributed by atoms with E-state index in [4.69, 9.17) is 0 Å². The van der Waals surface area contributed by atoms with Gasteiger partial charge in [0, 0.05) is 18.5 Å². The van der Waals surface area contributed by atoms with Gasteiger partial charge in [-0.1, -0.05) is 38.1 Å². The van der Waals surface area contributed by atoms with Crippen molar-refractivity contribution in [1.82, 2.24) is 5.32 Å². The Morgan fingerprint density at radius 3 is 2.90 bits per heavy atom. The maximum Gasteiger partial charge on any atom is 0.275 e. The fourth-order valence-electron chi connectivity index (χ4n) is 3.02. The lowest BCUT2D eigenvalue weighted by atomic mass is 9.87. The molecular formula is C17H27N2O+. The fraction of sp³-hybridized carbons (Fsp3) is 0.588. The molecule has 1 amide bonds. The minimum atomic E-state index is 0.166. The van der Waals surface area contributed by atoms with Crippen LogP contribution in [-0.4, -0.2) is 26.0 Å². The molecule has 0 spiro atoms. The zero-order valence-corrected chi connectivity index (χ0v) is 12.9. The Labute approximate surface area is 122 Å².